The number of anilines is 1. The highest BCUT2D eigenvalue weighted by Gasteiger charge is 2.24. The molecule has 3 heterocycles. The summed E-state index contributed by atoms with van der Waals surface area (Å²) in [5.41, 5.74) is 13.0. The van der Waals surface area contributed by atoms with Gasteiger partial charge in [-0.1, -0.05) is 25.4 Å². The van der Waals surface area contributed by atoms with Crippen molar-refractivity contribution in [1.29, 1.82) is 0 Å². The zero-order valence-corrected chi connectivity index (χ0v) is 15.0. The average Bonchev–Trinajstić information content (AvgIpc) is 3.18. The van der Waals surface area contributed by atoms with E-state index in [-0.39, 0.29) is 16.4 Å². The van der Waals surface area contributed by atoms with Gasteiger partial charge < -0.3 is 20.8 Å². The third-order valence-corrected chi connectivity index (χ3v) is 4.18. The summed E-state index contributed by atoms with van der Waals surface area (Å²) in [4.78, 5) is 8.70. The fraction of sp³-hybridized carbons (Fsp3) is 0.467. The second-order valence-electron chi connectivity index (χ2n) is 6.45. The highest BCUT2D eigenvalue weighted by molar-refractivity contribution is 6.34. The summed E-state index contributed by atoms with van der Waals surface area (Å²) in [7, 11) is 0. The van der Waals surface area contributed by atoms with Gasteiger partial charge in [-0.25, -0.2) is 14.6 Å². The minimum Gasteiger partial charge on any atom is -0.489 e. The summed E-state index contributed by atoms with van der Waals surface area (Å²) in [6, 6.07) is 0. The first-order chi connectivity index (χ1) is 11.9. The number of hydrogen-bond acceptors (Lipinski definition) is 8. The van der Waals surface area contributed by atoms with Crippen LogP contribution in [0.2, 0.25) is 5.15 Å². The Bertz CT molecular complexity index is 903. The maximum Gasteiger partial charge on any atom is 0.199 e. The van der Waals surface area contributed by atoms with Gasteiger partial charge in [0.15, 0.2) is 28.2 Å². The minimum atomic E-state index is -0.174. The Labute approximate surface area is 149 Å². The van der Waals surface area contributed by atoms with Crippen molar-refractivity contribution in [3.05, 3.63) is 11.3 Å². The van der Waals surface area contributed by atoms with Crippen LogP contribution in [0.3, 0.4) is 0 Å². The number of fused-ring (bicyclic) bond motifs is 1. The molecule has 3 rings (SSSR count). The standard InChI is InChI=1S/C15H20ClN7O2/c1-4-23-11-8(24-7-15(2,3)6-17)5-19-12(16)9(11)20-14(23)10-13(18)22-25-21-10/h5H,4,6-7,17H2,1-3H3,(H2,18,22). The van der Waals surface area contributed by atoms with Crippen LogP contribution in [0.1, 0.15) is 20.8 Å². The number of imidazole rings is 1. The normalized spacial score (nSPS) is 12.0. The number of nitrogens with zero attached hydrogens (tertiary/aromatic N) is 5. The van der Waals surface area contributed by atoms with E-state index in [1.165, 1.54) is 0 Å². The molecule has 0 saturated carbocycles. The molecule has 10 heteroatoms. The zero-order valence-electron chi connectivity index (χ0n) is 14.3. The van der Waals surface area contributed by atoms with Gasteiger partial charge in [-0.2, -0.15) is 0 Å². The van der Waals surface area contributed by atoms with Gasteiger partial charge in [-0.05, 0) is 17.2 Å². The summed E-state index contributed by atoms with van der Waals surface area (Å²) < 4.78 is 12.6. The molecule has 0 aliphatic carbocycles. The predicted molar refractivity (Wildman–Crippen MR) is 94.2 cm³/mol. The van der Waals surface area contributed by atoms with Gasteiger partial charge in [0.1, 0.15) is 11.0 Å². The van der Waals surface area contributed by atoms with Crippen LogP contribution in [0.25, 0.3) is 22.6 Å². The lowest BCUT2D eigenvalue weighted by atomic mass is 9.95. The van der Waals surface area contributed by atoms with Crippen LogP contribution < -0.4 is 16.2 Å². The fourth-order valence-electron chi connectivity index (χ4n) is 2.36. The van der Waals surface area contributed by atoms with E-state index in [0.29, 0.717) is 48.0 Å². The largest absolute Gasteiger partial charge is 0.489 e. The summed E-state index contributed by atoms with van der Waals surface area (Å²) in [6.45, 7) is 7.54. The summed E-state index contributed by atoms with van der Waals surface area (Å²) in [6.07, 6.45) is 1.58. The number of pyridine rings is 1. The topological polar surface area (TPSA) is 131 Å². The Morgan fingerprint density at radius 1 is 1.36 bits per heavy atom. The lowest BCUT2D eigenvalue weighted by Gasteiger charge is -2.22. The van der Waals surface area contributed by atoms with Crippen LogP contribution in [0, 0.1) is 5.41 Å². The van der Waals surface area contributed by atoms with E-state index in [2.05, 4.69) is 20.3 Å². The number of rotatable bonds is 6. The average molecular weight is 366 g/mol. The molecule has 0 bridgehead atoms. The molecule has 3 aromatic heterocycles. The molecule has 4 N–H and O–H groups in total. The van der Waals surface area contributed by atoms with Crippen molar-refractivity contribution < 1.29 is 9.37 Å². The molecule has 9 nitrogen and oxygen atoms in total. The zero-order chi connectivity index (χ0) is 18.2. The van der Waals surface area contributed by atoms with Crippen molar-refractivity contribution in [3.8, 4) is 17.3 Å². The van der Waals surface area contributed by atoms with Crippen LogP contribution in [0.5, 0.6) is 5.75 Å². The second kappa shape index (κ2) is 6.49. The summed E-state index contributed by atoms with van der Waals surface area (Å²) in [5, 5.41) is 7.71. The molecule has 0 fully saturated rings. The Morgan fingerprint density at radius 2 is 2.12 bits per heavy atom. The predicted octanol–water partition coefficient (Wildman–Crippen LogP) is 2.10. The SMILES string of the molecule is CCn1c(-c2nonc2N)nc2c(Cl)ncc(OCC(C)(C)CN)c21. The smallest absolute Gasteiger partial charge is 0.199 e. The molecule has 3 aromatic rings. The van der Waals surface area contributed by atoms with Crippen LogP contribution in [0.4, 0.5) is 5.82 Å². The fourth-order valence-corrected chi connectivity index (χ4v) is 2.54. The molecule has 134 valence electrons. The van der Waals surface area contributed by atoms with Crippen LogP contribution >= 0.6 is 11.6 Å². The van der Waals surface area contributed by atoms with Gasteiger partial charge in [0.2, 0.25) is 0 Å². The molecule has 0 unspecified atom stereocenters. The lowest BCUT2D eigenvalue weighted by molar-refractivity contribution is 0.188. The maximum absolute atomic E-state index is 6.24. The molecule has 0 atom stereocenters. The number of ether oxygens (including phenoxy) is 1. The van der Waals surface area contributed by atoms with Gasteiger partial charge in [-0.15, -0.1) is 0 Å². The van der Waals surface area contributed by atoms with E-state index in [4.69, 9.17) is 32.4 Å². The van der Waals surface area contributed by atoms with Crippen molar-refractivity contribution in [2.24, 2.45) is 11.1 Å². The number of nitrogens with two attached hydrogens (primary N) is 2. The van der Waals surface area contributed by atoms with Crippen molar-refractivity contribution >= 4 is 28.5 Å². The van der Waals surface area contributed by atoms with Crippen molar-refractivity contribution in [2.75, 3.05) is 18.9 Å². The van der Waals surface area contributed by atoms with E-state index in [1.807, 2.05) is 25.3 Å². The highest BCUT2D eigenvalue weighted by Crippen LogP contribution is 2.35. The Balaban J connectivity index is 2.15. The van der Waals surface area contributed by atoms with Crippen LogP contribution in [0.15, 0.2) is 10.8 Å². The van der Waals surface area contributed by atoms with Crippen LogP contribution in [-0.2, 0) is 6.54 Å². The Morgan fingerprint density at radius 3 is 2.72 bits per heavy atom. The molecule has 0 saturated heterocycles. The van der Waals surface area contributed by atoms with E-state index < -0.39 is 0 Å². The third kappa shape index (κ3) is 3.12. The second-order valence-corrected chi connectivity index (χ2v) is 6.80. The number of halogens is 1. The molecule has 25 heavy (non-hydrogen) atoms. The van der Waals surface area contributed by atoms with Gasteiger partial charge in [0.25, 0.3) is 0 Å². The first kappa shape index (κ1) is 17.4. The molecule has 0 amide bonds. The molecular weight excluding hydrogens is 346 g/mol. The number of aromatic nitrogens is 5. The van der Waals surface area contributed by atoms with Crippen molar-refractivity contribution in [3.63, 3.8) is 0 Å². The van der Waals surface area contributed by atoms with E-state index >= 15 is 0 Å². The minimum absolute atomic E-state index is 0.154. The lowest BCUT2D eigenvalue weighted by Crippen LogP contribution is -2.30. The molecular formula is C15H20ClN7O2. The molecule has 0 aromatic carbocycles. The summed E-state index contributed by atoms with van der Waals surface area (Å²) in [5.74, 6) is 1.21. The third-order valence-electron chi connectivity index (χ3n) is 3.90. The first-order valence-electron chi connectivity index (χ1n) is 7.84. The number of nitrogen functional groups attached to an aromatic ring is 1. The Kier molecular flexibility index (Phi) is 4.53. The van der Waals surface area contributed by atoms with Crippen LogP contribution in [-0.4, -0.2) is 38.0 Å². The molecule has 0 radical (unpaired) electrons. The molecule has 0 spiro atoms. The highest BCUT2D eigenvalue weighted by atomic mass is 35.5. The first-order valence-corrected chi connectivity index (χ1v) is 8.21. The molecule has 0 aliphatic heterocycles. The van der Waals surface area contributed by atoms with E-state index in [9.17, 15) is 0 Å². The van der Waals surface area contributed by atoms with E-state index in [1.54, 1.807) is 6.20 Å². The quantitative estimate of drug-likeness (QED) is 0.635. The maximum atomic E-state index is 6.24. The van der Waals surface area contributed by atoms with Crippen molar-refractivity contribution in [1.82, 2.24) is 24.8 Å². The van der Waals surface area contributed by atoms with Gasteiger partial charge >= 0.3 is 0 Å². The van der Waals surface area contributed by atoms with E-state index in [0.717, 1.165) is 0 Å². The molecule has 0 aliphatic rings. The van der Waals surface area contributed by atoms with Gasteiger partial charge in [-0.3, -0.25) is 0 Å². The summed E-state index contributed by atoms with van der Waals surface area (Å²) >= 11 is 6.24. The number of hydrogen-bond donors (Lipinski definition) is 2. The van der Waals surface area contributed by atoms with Gasteiger partial charge in [0, 0.05) is 18.5 Å². The van der Waals surface area contributed by atoms with Crippen molar-refractivity contribution in [2.45, 2.75) is 27.3 Å². The number of aryl methyl sites for hydroxylation is 1. The van der Waals surface area contributed by atoms with Gasteiger partial charge in [0.05, 0.1) is 12.8 Å². The monoisotopic (exact) mass is 365 g/mol. The Hall–Kier alpha value is -2.39.